The molecule has 9 nitrogen and oxygen atoms in total. The minimum atomic E-state index is -0.555. The number of primary amides is 1. The quantitative estimate of drug-likeness (QED) is 0.568. The number of hydrogen-bond acceptors (Lipinski definition) is 7. The van der Waals surface area contributed by atoms with E-state index in [2.05, 4.69) is 50.4 Å². The lowest BCUT2D eigenvalue weighted by atomic mass is 9.92. The Balaban J connectivity index is 1.51. The second-order valence-corrected chi connectivity index (χ2v) is 9.75. The zero-order chi connectivity index (χ0) is 24.3. The first-order chi connectivity index (χ1) is 16.2. The molecule has 4 heterocycles. The van der Waals surface area contributed by atoms with Crippen LogP contribution in [0.3, 0.4) is 0 Å². The van der Waals surface area contributed by atoms with E-state index in [0.29, 0.717) is 32.5 Å². The monoisotopic (exact) mass is 467 g/mol. The van der Waals surface area contributed by atoms with Gasteiger partial charge in [-0.3, -0.25) is 14.3 Å². The number of anilines is 1. The first kappa shape index (κ1) is 23.6. The fourth-order valence-corrected chi connectivity index (χ4v) is 3.96. The smallest absolute Gasteiger partial charge is 0.267 e. The van der Waals surface area contributed by atoms with Gasteiger partial charge >= 0.3 is 0 Å². The molecular formula is C24H30FN7O2. The molecule has 0 unspecified atom stereocenters. The Bertz CT molecular complexity index is 1130. The van der Waals surface area contributed by atoms with E-state index in [-0.39, 0.29) is 23.1 Å². The summed E-state index contributed by atoms with van der Waals surface area (Å²) < 4.78 is 21.8. The first-order valence-electron chi connectivity index (χ1n) is 11.4. The van der Waals surface area contributed by atoms with Gasteiger partial charge in [-0.15, -0.1) is 10.2 Å². The molecule has 0 saturated carbocycles. The van der Waals surface area contributed by atoms with Crippen LogP contribution in [0.25, 0.3) is 0 Å². The van der Waals surface area contributed by atoms with E-state index in [1.807, 2.05) is 6.07 Å². The van der Waals surface area contributed by atoms with Gasteiger partial charge < -0.3 is 15.4 Å². The largest absolute Gasteiger partial charge is 0.472 e. The topological polar surface area (TPSA) is 112 Å². The predicted molar refractivity (Wildman–Crippen MR) is 125 cm³/mol. The van der Waals surface area contributed by atoms with Crippen molar-refractivity contribution >= 4 is 11.9 Å². The number of pyridine rings is 2. The number of aromatic nitrogens is 5. The van der Waals surface area contributed by atoms with Crippen molar-refractivity contribution in [1.29, 1.82) is 0 Å². The van der Waals surface area contributed by atoms with E-state index in [4.69, 9.17) is 10.5 Å². The van der Waals surface area contributed by atoms with Crippen LogP contribution in [0.2, 0.25) is 0 Å². The van der Waals surface area contributed by atoms with Crippen LogP contribution in [0, 0.1) is 11.2 Å². The molecule has 1 aliphatic rings. The Morgan fingerprint density at radius 2 is 1.94 bits per heavy atom. The Labute approximate surface area is 198 Å². The molecule has 0 aromatic carbocycles. The number of nitrogens with two attached hydrogens (primary N) is 1. The van der Waals surface area contributed by atoms with E-state index >= 15 is 0 Å². The molecule has 10 heteroatoms. The highest BCUT2D eigenvalue weighted by atomic mass is 19.1. The Hall–Kier alpha value is -3.56. The highest BCUT2D eigenvalue weighted by molar-refractivity contribution is 5.90. The van der Waals surface area contributed by atoms with Crippen molar-refractivity contribution in [2.24, 2.45) is 11.1 Å². The number of amides is 1. The van der Waals surface area contributed by atoms with Crippen LogP contribution in [0.4, 0.5) is 10.3 Å². The summed E-state index contributed by atoms with van der Waals surface area (Å²) in [6, 6.07) is 6.37. The molecule has 0 spiro atoms. The highest BCUT2D eigenvalue weighted by Crippen LogP contribution is 2.26. The number of rotatable bonds is 7. The lowest BCUT2D eigenvalue weighted by Gasteiger charge is -2.32. The van der Waals surface area contributed by atoms with Gasteiger partial charge in [-0.1, -0.05) is 26.8 Å². The summed E-state index contributed by atoms with van der Waals surface area (Å²) in [7, 11) is 0. The zero-order valence-electron chi connectivity index (χ0n) is 19.7. The summed E-state index contributed by atoms with van der Waals surface area (Å²) >= 11 is 0. The molecule has 1 fully saturated rings. The van der Waals surface area contributed by atoms with Gasteiger partial charge in [-0.25, -0.2) is 9.37 Å². The fourth-order valence-electron chi connectivity index (χ4n) is 3.96. The zero-order valence-corrected chi connectivity index (χ0v) is 19.7. The van der Waals surface area contributed by atoms with Gasteiger partial charge in [-0.2, -0.15) is 0 Å². The van der Waals surface area contributed by atoms with Crippen LogP contribution in [-0.2, 0) is 13.0 Å². The summed E-state index contributed by atoms with van der Waals surface area (Å²) in [5.41, 5.74) is 6.50. The van der Waals surface area contributed by atoms with Crippen LogP contribution in [0.5, 0.6) is 5.88 Å². The molecule has 4 rings (SSSR count). The van der Waals surface area contributed by atoms with E-state index in [9.17, 15) is 9.18 Å². The highest BCUT2D eigenvalue weighted by Gasteiger charge is 2.27. The minimum absolute atomic E-state index is 0.0315. The number of ether oxygens (including phenoxy) is 1. The third-order valence-electron chi connectivity index (χ3n) is 5.64. The van der Waals surface area contributed by atoms with Gasteiger partial charge in [0.2, 0.25) is 5.95 Å². The van der Waals surface area contributed by atoms with Crippen LogP contribution < -0.4 is 15.4 Å². The van der Waals surface area contributed by atoms with Gasteiger partial charge in [0.25, 0.3) is 11.8 Å². The van der Waals surface area contributed by atoms with Crippen molar-refractivity contribution in [3.05, 3.63) is 59.6 Å². The van der Waals surface area contributed by atoms with Crippen molar-refractivity contribution in [2.75, 3.05) is 18.0 Å². The van der Waals surface area contributed by atoms with Crippen LogP contribution in [-0.4, -0.2) is 49.8 Å². The molecule has 0 aliphatic carbocycles. The number of hydrogen-bond donors (Lipinski definition) is 1. The average molecular weight is 468 g/mol. The molecule has 34 heavy (non-hydrogen) atoms. The Morgan fingerprint density at radius 1 is 1.18 bits per heavy atom. The summed E-state index contributed by atoms with van der Waals surface area (Å²) in [5, 5.41) is 9.02. The van der Waals surface area contributed by atoms with Crippen molar-refractivity contribution in [1.82, 2.24) is 24.7 Å². The van der Waals surface area contributed by atoms with Crippen molar-refractivity contribution in [3.8, 4) is 5.88 Å². The maximum atomic E-state index is 13.9. The number of nitrogens with zero attached hydrogens (tertiary/aromatic N) is 6. The van der Waals surface area contributed by atoms with E-state index in [0.717, 1.165) is 23.8 Å². The standard InChI is InChI=1S/C24H30FN7O2/c1-24(2,3)13-20-29-30-23(32(20)15-16-6-7-19(21(26)33)28-14-16)31-11-8-17(9-12-31)34-22-18(25)5-4-10-27-22/h4-7,10,14,17H,8-9,11-13,15H2,1-3H3,(H2,26,33). The number of piperidine rings is 1. The average Bonchev–Trinajstić information content (AvgIpc) is 3.16. The van der Waals surface area contributed by atoms with Gasteiger partial charge in [0.15, 0.2) is 5.82 Å². The molecule has 3 aromatic rings. The summed E-state index contributed by atoms with van der Waals surface area (Å²) in [4.78, 5) is 21.7. The van der Waals surface area contributed by atoms with Crippen LogP contribution >= 0.6 is 0 Å². The van der Waals surface area contributed by atoms with Crippen molar-refractivity contribution in [2.45, 2.75) is 52.7 Å². The summed E-state index contributed by atoms with van der Waals surface area (Å²) in [6.07, 6.45) is 5.25. The molecule has 3 aromatic heterocycles. The normalized spacial score (nSPS) is 14.9. The maximum absolute atomic E-state index is 13.9. The first-order valence-corrected chi connectivity index (χ1v) is 11.4. The summed E-state index contributed by atoms with van der Waals surface area (Å²) in [6.45, 7) is 8.41. The van der Waals surface area contributed by atoms with E-state index in [1.54, 1.807) is 18.3 Å². The van der Waals surface area contributed by atoms with Crippen LogP contribution in [0.15, 0.2) is 36.7 Å². The van der Waals surface area contributed by atoms with Crippen molar-refractivity contribution < 1.29 is 13.9 Å². The molecular weight excluding hydrogens is 437 g/mol. The summed E-state index contributed by atoms with van der Waals surface area (Å²) in [5.74, 6) is 0.702. The molecule has 0 radical (unpaired) electrons. The molecule has 1 saturated heterocycles. The minimum Gasteiger partial charge on any atom is -0.472 e. The lowest BCUT2D eigenvalue weighted by molar-refractivity contribution is 0.0995. The maximum Gasteiger partial charge on any atom is 0.267 e. The second-order valence-electron chi connectivity index (χ2n) is 9.75. The molecule has 0 atom stereocenters. The third-order valence-corrected chi connectivity index (χ3v) is 5.64. The molecule has 1 amide bonds. The Morgan fingerprint density at radius 3 is 2.56 bits per heavy atom. The fraction of sp³-hybridized carbons (Fsp3) is 0.458. The number of carbonyl (C=O) groups excluding carboxylic acids is 1. The second kappa shape index (κ2) is 9.74. The molecule has 2 N–H and O–H groups in total. The number of carbonyl (C=O) groups is 1. The van der Waals surface area contributed by atoms with Crippen molar-refractivity contribution in [3.63, 3.8) is 0 Å². The molecule has 180 valence electrons. The third kappa shape index (κ3) is 5.67. The van der Waals surface area contributed by atoms with Gasteiger partial charge in [0.1, 0.15) is 17.6 Å². The predicted octanol–water partition coefficient (Wildman–Crippen LogP) is 2.99. The Kier molecular flexibility index (Phi) is 6.76. The van der Waals surface area contributed by atoms with Gasteiger partial charge in [0.05, 0.1) is 6.54 Å². The molecule has 1 aliphatic heterocycles. The van der Waals surface area contributed by atoms with Gasteiger partial charge in [0, 0.05) is 44.7 Å². The van der Waals surface area contributed by atoms with E-state index in [1.165, 1.54) is 12.3 Å². The molecule has 0 bridgehead atoms. The van der Waals surface area contributed by atoms with E-state index < -0.39 is 11.7 Å². The SMILES string of the molecule is CC(C)(C)Cc1nnc(N2CCC(Oc3ncccc3F)CC2)n1Cc1ccc(C(N)=O)nc1. The van der Waals surface area contributed by atoms with Crippen LogP contribution in [0.1, 0.15) is 55.5 Å². The lowest BCUT2D eigenvalue weighted by Crippen LogP contribution is -2.40. The number of halogens is 1. The van der Waals surface area contributed by atoms with Gasteiger partial charge in [-0.05, 0) is 29.2 Å².